The van der Waals surface area contributed by atoms with Gasteiger partial charge in [-0.05, 0) is 19.2 Å². The molecule has 0 aliphatic carbocycles. The molecule has 1 aromatic heterocycles. The standard InChI is InChI=1S/C10H13N3O2/c1-11-6-13(2)7-3-4-8-9(5-7)15-10(14)12-8/h3-5,11H,6H2,1-2H3,(H,12,14). The van der Waals surface area contributed by atoms with Crippen molar-refractivity contribution in [3.05, 3.63) is 28.7 Å². The van der Waals surface area contributed by atoms with Crippen molar-refractivity contribution >= 4 is 16.8 Å². The average molecular weight is 207 g/mol. The predicted molar refractivity (Wildman–Crippen MR) is 59.2 cm³/mol. The number of H-pyrrole nitrogens is 1. The van der Waals surface area contributed by atoms with Crippen molar-refractivity contribution in [2.45, 2.75) is 0 Å². The van der Waals surface area contributed by atoms with Gasteiger partial charge in [0.1, 0.15) is 0 Å². The van der Waals surface area contributed by atoms with Gasteiger partial charge in [-0.15, -0.1) is 0 Å². The lowest BCUT2D eigenvalue weighted by atomic mass is 10.3. The second kappa shape index (κ2) is 3.78. The zero-order chi connectivity index (χ0) is 10.8. The molecule has 1 aromatic carbocycles. The lowest BCUT2D eigenvalue weighted by molar-refractivity contribution is 0.555. The third-order valence-electron chi connectivity index (χ3n) is 2.24. The first-order valence-corrected chi connectivity index (χ1v) is 4.69. The molecule has 0 saturated carbocycles. The van der Waals surface area contributed by atoms with Gasteiger partial charge in [-0.2, -0.15) is 0 Å². The van der Waals surface area contributed by atoms with Crippen molar-refractivity contribution in [1.29, 1.82) is 0 Å². The first-order valence-electron chi connectivity index (χ1n) is 4.69. The van der Waals surface area contributed by atoms with Crippen LogP contribution in [0.5, 0.6) is 0 Å². The van der Waals surface area contributed by atoms with Gasteiger partial charge < -0.3 is 14.6 Å². The number of oxazole rings is 1. The largest absolute Gasteiger partial charge is 0.417 e. The highest BCUT2D eigenvalue weighted by Gasteiger charge is 2.04. The second-order valence-electron chi connectivity index (χ2n) is 3.40. The van der Waals surface area contributed by atoms with Gasteiger partial charge in [0.2, 0.25) is 0 Å². The fourth-order valence-electron chi connectivity index (χ4n) is 1.50. The number of aromatic nitrogens is 1. The molecule has 2 N–H and O–H groups in total. The fourth-order valence-corrected chi connectivity index (χ4v) is 1.50. The summed E-state index contributed by atoms with van der Waals surface area (Å²) in [6.07, 6.45) is 0. The van der Waals surface area contributed by atoms with E-state index >= 15 is 0 Å². The van der Waals surface area contributed by atoms with Crippen LogP contribution < -0.4 is 16.0 Å². The van der Waals surface area contributed by atoms with Crippen molar-refractivity contribution < 1.29 is 4.42 Å². The van der Waals surface area contributed by atoms with Crippen LogP contribution in [0.1, 0.15) is 0 Å². The summed E-state index contributed by atoms with van der Waals surface area (Å²) in [5, 5.41) is 3.04. The molecule has 1 heterocycles. The molecule has 0 saturated heterocycles. The molecule has 5 heteroatoms. The Labute approximate surface area is 86.7 Å². The summed E-state index contributed by atoms with van der Waals surface area (Å²) in [6, 6.07) is 5.61. The van der Waals surface area contributed by atoms with Gasteiger partial charge in [-0.25, -0.2) is 4.79 Å². The molecular weight excluding hydrogens is 194 g/mol. The first-order chi connectivity index (χ1) is 7.20. The minimum absolute atomic E-state index is 0.418. The van der Waals surface area contributed by atoms with Crippen LogP contribution in [0, 0.1) is 0 Å². The minimum atomic E-state index is -0.418. The van der Waals surface area contributed by atoms with E-state index in [1.54, 1.807) is 0 Å². The van der Waals surface area contributed by atoms with Crippen molar-refractivity contribution in [3.8, 4) is 0 Å². The monoisotopic (exact) mass is 207 g/mol. The summed E-state index contributed by atoms with van der Waals surface area (Å²) in [5.41, 5.74) is 2.31. The lowest BCUT2D eigenvalue weighted by Crippen LogP contribution is -2.28. The summed E-state index contributed by atoms with van der Waals surface area (Å²) in [4.78, 5) is 15.6. The van der Waals surface area contributed by atoms with Crippen LogP contribution in [0.4, 0.5) is 5.69 Å². The van der Waals surface area contributed by atoms with E-state index in [2.05, 4.69) is 10.3 Å². The third kappa shape index (κ3) is 1.87. The minimum Gasteiger partial charge on any atom is -0.408 e. The number of nitrogens with zero attached hydrogens (tertiary/aromatic N) is 1. The Kier molecular flexibility index (Phi) is 2.47. The maximum absolute atomic E-state index is 10.9. The zero-order valence-electron chi connectivity index (χ0n) is 8.70. The maximum Gasteiger partial charge on any atom is 0.417 e. The molecule has 0 unspecified atom stereocenters. The molecule has 0 aliphatic heterocycles. The normalized spacial score (nSPS) is 10.8. The molecule has 0 amide bonds. The van der Waals surface area contributed by atoms with E-state index in [0.29, 0.717) is 5.58 Å². The van der Waals surface area contributed by atoms with Gasteiger partial charge in [-0.1, -0.05) is 0 Å². The summed E-state index contributed by atoms with van der Waals surface area (Å²) >= 11 is 0. The molecule has 80 valence electrons. The Hall–Kier alpha value is -1.75. The fraction of sp³-hybridized carbons (Fsp3) is 0.300. The van der Waals surface area contributed by atoms with Crippen LogP contribution in [-0.2, 0) is 0 Å². The SMILES string of the molecule is CNCN(C)c1ccc2[nH]c(=O)oc2c1. The maximum atomic E-state index is 10.9. The highest BCUT2D eigenvalue weighted by Crippen LogP contribution is 2.18. The van der Waals surface area contributed by atoms with E-state index in [-0.39, 0.29) is 0 Å². The Balaban J connectivity index is 2.41. The van der Waals surface area contributed by atoms with Gasteiger partial charge in [0, 0.05) is 18.8 Å². The molecule has 5 nitrogen and oxygen atoms in total. The smallest absolute Gasteiger partial charge is 0.408 e. The number of anilines is 1. The number of aromatic amines is 1. The summed E-state index contributed by atoms with van der Waals surface area (Å²) in [6.45, 7) is 0.736. The van der Waals surface area contributed by atoms with Crippen LogP contribution in [-0.4, -0.2) is 25.7 Å². The quantitative estimate of drug-likeness (QED) is 0.728. The summed E-state index contributed by atoms with van der Waals surface area (Å²) < 4.78 is 4.98. The van der Waals surface area contributed by atoms with Gasteiger partial charge in [0.25, 0.3) is 0 Å². The van der Waals surface area contributed by atoms with Crippen molar-refractivity contribution in [2.75, 3.05) is 25.7 Å². The van der Waals surface area contributed by atoms with Crippen molar-refractivity contribution in [1.82, 2.24) is 10.3 Å². The molecule has 15 heavy (non-hydrogen) atoms. The molecule has 0 fully saturated rings. The molecule has 0 aliphatic rings. The highest BCUT2D eigenvalue weighted by atomic mass is 16.4. The predicted octanol–water partition coefficient (Wildman–Crippen LogP) is 0.734. The van der Waals surface area contributed by atoms with Gasteiger partial charge >= 0.3 is 5.76 Å². The number of hydrogen-bond donors (Lipinski definition) is 2. The van der Waals surface area contributed by atoms with Crippen LogP contribution >= 0.6 is 0 Å². The molecule has 0 spiro atoms. The Morgan fingerprint density at radius 1 is 1.53 bits per heavy atom. The van der Waals surface area contributed by atoms with E-state index < -0.39 is 5.76 Å². The highest BCUT2D eigenvalue weighted by molar-refractivity contribution is 5.76. The molecule has 0 bridgehead atoms. The van der Waals surface area contributed by atoms with E-state index in [4.69, 9.17) is 4.42 Å². The second-order valence-corrected chi connectivity index (χ2v) is 3.40. The molecule has 2 aromatic rings. The molecule has 0 radical (unpaired) electrons. The number of hydrogen-bond acceptors (Lipinski definition) is 4. The van der Waals surface area contributed by atoms with E-state index in [1.807, 2.05) is 37.2 Å². The van der Waals surface area contributed by atoms with Crippen LogP contribution in [0.15, 0.2) is 27.4 Å². The first kappa shape index (κ1) is 9.79. The number of benzene rings is 1. The van der Waals surface area contributed by atoms with E-state index in [9.17, 15) is 4.79 Å². The van der Waals surface area contributed by atoms with Crippen LogP contribution in [0.25, 0.3) is 11.1 Å². The van der Waals surface area contributed by atoms with Crippen molar-refractivity contribution in [3.63, 3.8) is 0 Å². The van der Waals surface area contributed by atoms with E-state index in [1.165, 1.54) is 0 Å². The topological polar surface area (TPSA) is 61.3 Å². The Bertz CT molecular complexity index is 515. The van der Waals surface area contributed by atoms with Crippen LogP contribution in [0.2, 0.25) is 0 Å². The number of rotatable bonds is 3. The van der Waals surface area contributed by atoms with E-state index in [0.717, 1.165) is 17.9 Å². The summed E-state index contributed by atoms with van der Waals surface area (Å²) in [7, 11) is 3.84. The van der Waals surface area contributed by atoms with Crippen molar-refractivity contribution in [2.24, 2.45) is 0 Å². The van der Waals surface area contributed by atoms with Gasteiger partial charge in [0.05, 0.1) is 12.2 Å². The number of nitrogens with one attached hydrogen (secondary N) is 2. The molecule has 0 atom stereocenters. The van der Waals surface area contributed by atoms with Crippen LogP contribution in [0.3, 0.4) is 0 Å². The Morgan fingerprint density at radius 2 is 2.33 bits per heavy atom. The molecule has 2 rings (SSSR count). The van der Waals surface area contributed by atoms with Gasteiger partial charge in [0.15, 0.2) is 5.58 Å². The third-order valence-corrected chi connectivity index (χ3v) is 2.24. The average Bonchev–Trinajstić information content (AvgIpc) is 2.57. The Morgan fingerprint density at radius 3 is 3.07 bits per heavy atom. The van der Waals surface area contributed by atoms with Gasteiger partial charge in [-0.3, -0.25) is 4.98 Å². The summed E-state index contributed by atoms with van der Waals surface area (Å²) in [5.74, 6) is -0.418. The molecular formula is C10H13N3O2. The lowest BCUT2D eigenvalue weighted by Gasteiger charge is -2.18. The zero-order valence-corrected chi connectivity index (χ0v) is 8.70. The number of fused-ring (bicyclic) bond motifs is 1.